The van der Waals surface area contributed by atoms with Crippen molar-refractivity contribution >= 4 is 22.6 Å². The molecule has 0 saturated carbocycles. The van der Waals surface area contributed by atoms with Gasteiger partial charge in [0.25, 0.3) is 0 Å². The highest BCUT2D eigenvalue weighted by molar-refractivity contribution is 6.29. The van der Waals surface area contributed by atoms with Crippen molar-refractivity contribution in [3.63, 3.8) is 0 Å². The van der Waals surface area contributed by atoms with E-state index in [1.807, 2.05) is 36.9 Å². The van der Waals surface area contributed by atoms with Crippen molar-refractivity contribution in [2.45, 2.75) is 6.92 Å². The van der Waals surface area contributed by atoms with Crippen molar-refractivity contribution < 1.29 is 0 Å². The van der Waals surface area contributed by atoms with Crippen LogP contribution in [0.5, 0.6) is 0 Å². The number of fused-ring (bicyclic) bond motifs is 1. The van der Waals surface area contributed by atoms with Gasteiger partial charge in [-0.2, -0.15) is 0 Å². The van der Waals surface area contributed by atoms with Gasteiger partial charge in [-0.3, -0.25) is 0 Å². The summed E-state index contributed by atoms with van der Waals surface area (Å²) in [5.41, 5.74) is 3.28. The van der Waals surface area contributed by atoms with Gasteiger partial charge in [0, 0.05) is 13.2 Å². The van der Waals surface area contributed by atoms with Crippen molar-refractivity contribution in [1.29, 1.82) is 0 Å². The third-order valence-electron chi connectivity index (χ3n) is 1.99. The van der Waals surface area contributed by atoms with Gasteiger partial charge in [-0.15, -0.1) is 0 Å². The first-order chi connectivity index (χ1) is 5.68. The van der Waals surface area contributed by atoms with E-state index < -0.39 is 0 Å². The molecule has 2 nitrogen and oxygen atoms in total. The van der Waals surface area contributed by atoms with Crippen LogP contribution in [-0.2, 0) is 7.05 Å². The van der Waals surface area contributed by atoms with Crippen LogP contribution in [0.1, 0.15) is 5.56 Å². The van der Waals surface area contributed by atoms with Crippen LogP contribution < -0.4 is 0 Å². The van der Waals surface area contributed by atoms with Crippen LogP contribution in [0.2, 0.25) is 5.15 Å². The summed E-state index contributed by atoms with van der Waals surface area (Å²) < 4.78 is 2.05. The van der Waals surface area contributed by atoms with Crippen molar-refractivity contribution in [3.05, 3.63) is 29.0 Å². The van der Waals surface area contributed by atoms with E-state index in [0.717, 1.165) is 16.6 Å². The zero-order valence-electron chi connectivity index (χ0n) is 7.00. The Kier molecular flexibility index (Phi) is 1.58. The topological polar surface area (TPSA) is 17.8 Å². The SMILES string of the molecule is Cc1cc(Cl)nc2ccn(C)c12. The van der Waals surface area contributed by atoms with Crippen LogP contribution >= 0.6 is 11.6 Å². The maximum absolute atomic E-state index is 5.81. The van der Waals surface area contributed by atoms with Crippen molar-refractivity contribution in [2.75, 3.05) is 0 Å². The predicted molar refractivity (Wildman–Crippen MR) is 50.5 cm³/mol. The Morgan fingerprint density at radius 3 is 3.00 bits per heavy atom. The molecule has 0 aliphatic rings. The molecule has 0 saturated heterocycles. The standard InChI is InChI=1S/C9H9ClN2/c1-6-5-8(10)11-7-3-4-12(2)9(6)7/h3-5H,1-2H3. The molecule has 0 unspecified atom stereocenters. The van der Waals surface area contributed by atoms with Crippen molar-refractivity contribution in [3.8, 4) is 0 Å². The van der Waals surface area contributed by atoms with Crippen LogP contribution in [0, 0.1) is 6.92 Å². The van der Waals surface area contributed by atoms with Gasteiger partial charge >= 0.3 is 0 Å². The normalized spacial score (nSPS) is 10.9. The molecular formula is C9H9ClN2. The molecule has 0 spiro atoms. The van der Waals surface area contributed by atoms with Crippen molar-refractivity contribution in [1.82, 2.24) is 9.55 Å². The maximum Gasteiger partial charge on any atom is 0.130 e. The lowest BCUT2D eigenvalue weighted by Gasteiger charge is -2.00. The summed E-state index contributed by atoms with van der Waals surface area (Å²) in [4.78, 5) is 4.20. The quantitative estimate of drug-likeness (QED) is 0.570. The summed E-state index contributed by atoms with van der Waals surface area (Å²) in [6, 6.07) is 3.85. The molecule has 0 radical (unpaired) electrons. The molecule has 0 bridgehead atoms. The number of rotatable bonds is 0. The Labute approximate surface area is 75.8 Å². The number of hydrogen-bond donors (Lipinski definition) is 0. The minimum atomic E-state index is 0.561. The van der Waals surface area contributed by atoms with Crippen molar-refractivity contribution in [2.24, 2.45) is 7.05 Å². The van der Waals surface area contributed by atoms with Crippen LogP contribution in [0.15, 0.2) is 18.3 Å². The largest absolute Gasteiger partial charge is 0.349 e. The molecule has 0 amide bonds. The molecule has 0 aliphatic heterocycles. The molecule has 2 aromatic rings. The average Bonchev–Trinajstić information content (AvgIpc) is 2.31. The van der Waals surface area contributed by atoms with E-state index >= 15 is 0 Å². The number of nitrogens with zero attached hydrogens (tertiary/aromatic N) is 2. The molecule has 0 aliphatic carbocycles. The summed E-state index contributed by atoms with van der Waals surface area (Å²) >= 11 is 5.81. The summed E-state index contributed by atoms with van der Waals surface area (Å²) in [6.45, 7) is 2.04. The average molecular weight is 181 g/mol. The van der Waals surface area contributed by atoms with Gasteiger partial charge in [0.1, 0.15) is 5.15 Å². The second kappa shape index (κ2) is 2.49. The molecule has 0 fully saturated rings. The molecule has 62 valence electrons. The van der Waals surface area contributed by atoms with E-state index in [1.165, 1.54) is 0 Å². The monoisotopic (exact) mass is 180 g/mol. The highest BCUT2D eigenvalue weighted by Crippen LogP contribution is 2.20. The van der Waals surface area contributed by atoms with Gasteiger partial charge in [0.2, 0.25) is 0 Å². The van der Waals surface area contributed by atoms with Gasteiger partial charge in [0.15, 0.2) is 0 Å². The maximum atomic E-state index is 5.81. The summed E-state index contributed by atoms with van der Waals surface area (Å²) in [6.07, 6.45) is 1.99. The van der Waals surface area contributed by atoms with E-state index in [2.05, 4.69) is 4.98 Å². The van der Waals surface area contributed by atoms with E-state index in [9.17, 15) is 0 Å². The number of hydrogen-bond acceptors (Lipinski definition) is 1. The Balaban J connectivity index is 2.93. The lowest BCUT2D eigenvalue weighted by molar-refractivity contribution is 0.963. The van der Waals surface area contributed by atoms with Gasteiger partial charge in [-0.1, -0.05) is 11.6 Å². The van der Waals surface area contributed by atoms with Crippen LogP contribution in [-0.4, -0.2) is 9.55 Å². The first-order valence-electron chi connectivity index (χ1n) is 3.76. The summed E-state index contributed by atoms with van der Waals surface area (Å²) in [5, 5.41) is 0.561. The fraction of sp³-hybridized carbons (Fsp3) is 0.222. The predicted octanol–water partition coefficient (Wildman–Crippen LogP) is 2.54. The van der Waals surface area contributed by atoms with E-state index in [0.29, 0.717) is 5.15 Å². The lowest BCUT2D eigenvalue weighted by Crippen LogP contribution is -1.88. The number of aromatic nitrogens is 2. The zero-order valence-corrected chi connectivity index (χ0v) is 7.76. The molecule has 2 aromatic heterocycles. The number of halogens is 1. The Morgan fingerprint density at radius 1 is 1.50 bits per heavy atom. The van der Waals surface area contributed by atoms with E-state index in [-0.39, 0.29) is 0 Å². The fourth-order valence-electron chi connectivity index (χ4n) is 1.48. The summed E-state index contributed by atoms with van der Waals surface area (Å²) in [5.74, 6) is 0. The third-order valence-corrected chi connectivity index (χ3v) is 2.18. The van der Waals surface area contributed by atoms with Gasteiger partial charge in [0.05, 0.1) is 11.0 Å². The Morgan fingerprint density at radius 2 is 2.25 bits per heavy atom. The molecule has 2 rings (SSSR count). The first kappa shape index (κ1) is 7.62. The van der Waals surface area contributed by atoms with Gasteiger partial charge in [-0.05, 0) is 24.6 Å². The fourth-order valence-corrected chi connectivity index (χ4v) is 1.74. The van der Waals surface area contributed by atoms with Crippen LogP contribution in [0.25, 0.3) is 11.0 Å². The zero-order chi connectivity index (χ0) is 8.72. The van der Waals surface area contributed by atoms with Gasteiger partial charge in [-0.25, -0.2) is 4.98 Å². The van der Waals surface area contributed by atoms with E-state index in [4.69, 9.17) is 11.6 Å². The van der Waals surface area contributed by atoms with Gasteiger partial charge < -0.3 is 4.57 Å². The second-order valence-electron chi connectivity index (χ2n) is 2.92. The van der Waals surface area contributed by atoms with Crippen LogP contribution in [0.4, 0.5) is 0 Å². The number of pyridine rings is 1. The second-order valence-corrected chi connectivity index (χ2v) is 3.31. The molecular weight excluding hydrogens is 172 g/mol. The third kappa shape index (κ3) is 0.994. The molecule has 0 aromatic carbocycles. The lowest BCUT2D eigenvalue weighted by atomic mass is 10.2. The first-order valence-corrected chi connectivity index (χ1v) is 4.14. The minimum absolute atomic E-state index is 0.561. The number of aryl methyl sites for hydroxylation is 2. The molecule has 0 atom stereocenters. The molecule has 3 heteroatoms. The highest BCUT2D eigenvalue weighted by atomic mass is 35.5. The Bertz CT molecular complexity index is 431. The Hall–Kier alpha value is -1.02. The molecule has 0 N–H and O–H groups in total. The summed E-state index contributed by atoms with van der Waals surface area (Å²) in [7, 11) is 2.00. The highest BCUT2D eigenvalue weighted by Gasteiger charge is 2.03. The minimum Gasteiger partial charge on any atom is -0.349 e. The van der Waals surface area contributed by atoms with E-state index in [1.54, 1.807) is 0 Å². The molecule has 2 heterocycles. The van der Waals surface area contributed by atoms with Crippen LogP contribution in [0.3, 0.4) is 0 Å². The smallest absolute Gasteiger partial charge is 0.130 e. The molecule has 12 heavy (non-hydrogen) atoms.